The normalized spacial score (nSPS) is 26.8. The zero-order valence-corrected chi connectivity index (χ0v) is 6.64. The van der Waals surface area contributed by atoms with Gasteiger partial charge in [-0.15, -0.1) is 0 Å². The minimum absolute atomic E-state index is 0.264. The van der Waals surface area contributed by atoms with Crippen molar-refractivity contribution in [2.75, 3.05) is 0 Å². The van der Waals surface area contributed by atoms with Crippen molar-refractivity contribution in [2.24, 2.45) is 5.73 Å². The van der Waals surface area contributed by atoms with Gasteiger partial charge < -0.3 is 10.8 Å². The lowest BCUT2D eigenvalue weighted by Crippen LogP contribution is -2.28. The lowest BCUT2D eigenvalue weighted by molar-refractivity contribution is 0.162. The Morgan fingerprint density at radius 1 is 1.25 bits per heavy atom. The first-order valence-corrected chi connectivity index (χ1v) is 4.00. The van der Waals surface area contributed by atoms with E-state index < -0.39 is 6.10 Å². The molecular formula is C10H11NO. The quantitative estimate of drug-likeness (QED) is 0.598. The Kier molecular flexibility index (Phi) is 1.71. The predicted molar refractivity (Wildman–Crippen MR) is 48.4 cm³/mol. The minimum atomic E-state index is -0.550. The van der Waals surface area contributed by atoms with E-state index in [1.807, 2.05) is 36.4 Å². The topological polar surface area (TPSA) is 46.2 Å². The maximum atomic E-state index is 9.65. The van der Waals surface area contributed by atoms with Crippen LogP contribution in [0.1, 0.15) is 17.2 Å². The van der Waals surface area contributed by atoms with Gasteiger partial charge in [0.2, 0.25) is 0 Å². The maximum absolute atomic E-state index is 9.65. The summed E-state index contributed by atoms with van der Waals surface area (Å²) < 4.78 is 0. The fraction of sp³-hybridized carbons (Fsp3) is 0.200. The molecule has 3 N–H and O–H groups in total. The molecular weight excluding hydrogens is 150 g/mol. The summed E-state index contributed by atoms with van der Waals surface area (Å²) in [5.41, 5.74) is 7.64. The van der Waals surface area contributed by atoms with Crippen molar-refractivity contribution in [3.63, 3.8) is 0 Å². The van der Waals surface area contributed by atoms with Crippen molar-refractivity contribution in [3.8, 4) is 0 Å². The number of nitrogens with two attached hydrogens (primary N) is 1. The average Bonchev–Trinajstić information content (AvgIpc) is 2.12. The van der Waals surface area contributed by atoms with E-state index in [4.69, 9.17) is 5.73 Å². The van der Waals surface area contributed by atoms with E-state index >= 15 is 0 Å². The van der Waals surface area contributed by atoms with Crippen LogP contribution in [0, 0.1) is 0 Å². The molecule has 2 heteroatoms. The van der Waals surface area contributed by atoms with Crippen LogP contribution < -0.4 is 5.73 Å². The summed E-state index contributed by atoms with van der Waals surface area (Å²) >= 11 is 0. The average molecular weight is 161 g/mol. The largest absolute Gasteiger partial charge is 0.386 e. The Morgan fingerprint density at radius 3 is 2.83 bits per heavy atom. The zero-order chi connectivity index (χ0) is 8.55. The first-order valence-electron chi connectivity index (χ1n) is 4.00. The van der Waals surface area contributed by atoms with Gasteiger partial charge >= 0.3 is 0 Å². The molecule has 0 unspecified atom stereocenters. The Morgan fingerprint density at radius 2 is 2.00 bits per heavy atom. The third-order valence-corrected chi connectivity index (χ3v) is 2.18. The highest BCUT2D eigenvalue weighted by Gasteiger charge is 2.19. The third kappa shape index (κ3) is 1.05. The molecule has 62 valence electrons. The Labute approximate surface area is 71.3 Å². The number of aliphatic hydroxyl groups is 1. The summed E-state index contributed by atoms with van der Waals surface area (Å²) in [5, 5.41) is 9.65. The van der Waals surface area contributed by atoms with Crippen LogP contribution in [-0.2, 0) is 0 Å². The molecule has 0 saturated carbocycles. The van der Waals surface area contributed by atoms with Crippen LogP contribution in [0.5, 0.6) is 0 Å². The molecule has 2 atom stereocenters. The van der Waals surface area contributed by atoms with Crippen LogP contribution in [0.15, 0.2) is 30.3 Å². The van der Waals surface area contributed by atoms with Crippen LogP contribution >= 0.6 is 0 Å². The number of aliphatic hydroxyl groups excluding tert-OH is 1. The minimum Gasteiger partial charge on any atom is -0.386 e. The fourth-order valence-electron chi connectivity index (χ4n) is 1.46. The van der Waals surface area contributed by atoms with Gasteiger partial charge in [0.25, 0.3) is 0 Å². The van der Waals surface area contributed by atoms with E-state index in [0.717, 1.165) is 11.1 Å². The van der Waals surface area contributed by atoms with E-state index in [9.17, 15) is 5.11 Å². The molecule has 1 aromatic carbocycles. The molecule has 0 saturated heterocycles. The highest BCUT2D eigenvalue weighted by atomic mass is 16.3. The molecule has 12 heavy (non-hydrogen) atoms. The SMILES string of the molecule is N[C@@H]1C=Cc2ccccc2[C@@H]1O. The maximum Gasteiger partial charge on any atom is 0.0982 e. The summed E-state index contributed by atoms with van der Waals surface area (Å²) in [6.07, 6.45) is 3.23. The van der Waals surface area contributed by atoms with Crippen LogP contribution in [-0.4, -0.2) is 11.1 Å². The van der Waals surface area contributed by atoms with Crippen molar-refractivity contribution < 1.29 is 5.11 Å². The summed E-state index contributed by atoms with van der Waals surface area (Å²) in [4.78, 5) is 0. The van der Waals surface area contributed by atoms with Crippen LogP contribution in [0.25, 0.3) is 6.08 Å². The molecule has 0 aliphatic heterocycles. The first kappa shape index (κ1) is 7.53. The van der Waals surface area contributed by atoms with Gasteiger partial charge in [0.15, 0.2) is 0 Å². The van der Waals surface area contributed by atoms with Gasteiger partial charge in [-0.25, -0.2) is 0 Å². The molecule has 1 aliphatic rings. The molecule has 0 bridgehead atoms. The van der Waals surface area contributed by atoms with Gasteiger partial charge in [0, 0.05) is 0 Å². The second-order valence-electron chi connectivity index (χ2n) is 3.01. The van der Waals surface area contributed by atoms with E-state index in [1.165, 1.54) is 0 Å². The zero-order valence-electron chi connectivity index (χ0n) is 6.64. The van der Waals surface area contributed by atoms with Gasteiger partial charge in [-0.1, -0.05) is 36.4 Å². The van der Waals surface area contributed by atoms with Crippen LogP contribution in [0.2, 0.25) is 0 Å². The molecule has 0 spiro atoms. The molecule has 0 aromatic heterocycles. The Bertz CT molecular complexity index is 319. The van der Waals surface area contributed by atoms with E-state index in [-0.39, 0.29) is 6.04 Å². The van der Waals surface area contributed by atoms with Crippen LogP contribution in [0.3, 0.4) is 0 Å². The van der Waals surface area contributed by atoms with Crippen molar-refractivity contribution >= 4 is 6.08 Å². The fourth-order valence-corrected chi connectivity index (χ4v) is 1.46. The van der Waals surface area contributed by atoms with Gasteiger partial charge in [0.1, 0.15) is 0 Å². The molecule has 1 aliphatic carbocycles. The van der Waals surface area contributed by atoms with Crippen molar-refractivity contribution in [1.29, 1.82) is 0 Å². The van der Waals surface area contributed by atoms with Crippen LogP contribution in [0.4, 0.5) is 0 Å². The van der Waals surface area contributed by atoms with Gasteiger partial charge in [-0.3, -0.25) is 0 Å². The smallest absolute Gasteiger partial charge is 0.0982 e. The highest BCUT2D eigenvalue weighted by molar-refractivity contribution is 5.58. The van der Waals surface area contributed by atoms with Crippen molar-refractivity contribution in [1.82, 2.24) is 0 Å². The predicted octanol–water partition coefficient (Wildman–Crippen LogP) is 1.07. The van der Waals surface area contributed by atoms with E-state index in [0.29, 0.717) is 0 Å². The van der Waals surface area contributed by atoms with Crippen molar-refractivity contribution in [2.45, 2.75) is 12.1 Å². The number of fused-ring (bicyclic) bond motifs is 1. The Balaban J connectivity index is 2.52. The number of rotatable bonds is 0. The number of hydrogen-bond donors (Lipinski definition) is 2. The summed E-state index contributed by atoms with van der Waals surface area (Å²) in [6, 6.07) is 7.48. The third-order valence-electron chi connectivity index (χ3n) is 2.18. The number of hydrogen-bond acceptors (Lipinski definition) is 2. The summed E-state index contributed by atoms with van der Waals surface area (Å²) in [5.74, 6) is 0. The van der Waals surface area contributed by atoms with Crippen molar-refractivity contribution in [3.05, 3.63) is 41.5 Å². The van der Waals surface area contributed by atoms with E-state index in [2.05, 4.69) is 0 Å². The van der Waals surface area contributed by atoms with Gasteiger partial charge in [-0.2, -0.15) is 0 Å². The standard InChI is InChI=1S/C10H11NO/c11-9-6-5-7-3-1-2-4-8(7)10(9)12/h1-6,9-10,12H,11H2/t9-,10+/m1/s1. The summed E-state index contributed by atoms with van der Waals surface area (Å²) in [7, 11) is 0. The second kappa shape index (κ2) is 2.73. The molecule has 0 heterocycles. The molecule has 1 aromatic rings. The lowest BCUT2D eigenvalue weighted by atomic mass is 9.92. The second-order valence-corrected chi connectivity index (χ2v) is 3.01. The molecule has 2 rings (SSSR count). The highest BCUT2D eigenvalue weighted by Crippen LogP contribution is 2.26. The first-order chi connectivity index (χ1) is 5.79. The van der Waals surface area contributed by atoms with E-state index in [1.54, 1.807) is 0 Å². The molecule has 0 radical (unpaired) electrons. The number of benzene rings is 1. The Hall–Kier alpha value is -1.12. The molecule has 0 fully saturated rings. The van der Waals surface area contributed by atoms with Gasteiger partial charge in [0.05, 0.1) is 12.1 Å². The monoisotopic (exact) mass is 161 g/mol. The molecule has 2 nitrogen and oxygen atoms in total. The van der Waals surface area contributed by atoms with Gasteiger partial charge in [-0.05, 0) is 11.1 Å². The summed E-state index contributed by atoms with van der Waals surface area (Å²) in [6.45, 7) is 0. The lowest BCUT2D eigenvalue weighted by Gasteiger charge is -2.22. The molecule has 0 amide bonds.